The van der Waals surface area contributed by atoms with Gasteiger partial charge >= 0.3 is 11.9 Å². The molecule has 12 nitrogen and oxygen atoms in total. The molecule has 0 aromatic rings. The molecule has 3 N–H and O–H groups in total. The predicted molar refractivity (Wildman–Crippen MR) is 153 cm³/mol. The van der Waals surface area contributed by atoms with Gasteiger partial charge in [-0.25, -0.2) is 14.6 Å². The lowest BCUT2D eigenvalue weighted by molar-refractivity contribution is -0.576. The molecule has 0 unspecified atom stereocenters. The minimum Gasteiger partial charge on any atom is -0.480 e. The number of ether oxygens (including phenoxy) is 3. The van der Waals surface area contributed by atoms with Crippen LogP contribution in [0.4, 0.5) is 0 Å². The molecule has 5 fully saturated rings. The number of nitrogens with one attached hydrogen (secondary N) is 2. The number of carbonyl (C=O) groups is 4. The highest BCUT2D eigenvalue weighted by molar-refractivity contribution is 5.91. The summed E-state index contributed by atoms with van der Waals surface area (Å²) >= 11 is 0. The highest BCUT2D eigenvalue weighted by atomic mass is 17.3. The van der Waals surface area contributed by atoms with Crippen molar-refractivity contribution in [3.63, 3.8) is 0 Å². The zero-order valence-corrected chi connectivity index (χ0v) is 26.6. The molecule has 11 atom stereocenters. The number of esters is 1. The minimum atomic E-state index is -1.13. The number of amides is 2. The Hall–Kier alpha value is -2.28. The van der Waals surface area contributed by atoms with E-state index in [1.165, 1.54) is 0 Å². The van der Waals surface area contributed by atoms with Gasteiger partial charge in [-0.1, -0.05) is 48.0 Å². The third kappa shape index (κ3) is 7.02. The van der Waals surface area contributed by atoms with Crippen molar-refractivity contribution in [3.05, 3.63) is 0 Å². The highest BCUT2D eigenvalue weighted by Gasteiger charge is 2.69. The molecule has 2 amide bonds. The average Bonchev–Trinajstić information content (AvgIpc) is 3.17. The van der Waals surface area contributed by atoms with Crippen LogP contribution in [0.2, 0.25) is 0 Å². The number of carboxylic acids is 1. The van der Waals surface area contributed by atoms with Crippen LogP contribution < -0.4 is 10.6 Å². The van der Waals surface area contributed by atoms with Gasteiger partial charge in [0.05, 0.1) is 6.42 Å². The molecule has 5 aliphatic rings. The molecule has 12 heteroatoms. The van der Waals surface area contributed by atoms with E-state index in [1.54, 1.807) is 6.92 Å². The first-order valence-electron chi connectivity index (χ1n) is 15.9. The maximum absolute atomic E-state index is 13.0. The lowest BCUT2D eigenvalue weighted by atomic mass is 9.58. The van der Waals surface area contributed by atoms with Crippen LogP contribution in [-0.2, 0) is 43.2 Å². The zero-order chi connectivity index (χ0) is 31.7. The summed E-state index contributed by atoms with van der Waals surface area (Å²) in [7, 11) is 0. The number of aliphatic carboxylic acids is 1. The fraction of sp³-hybridized carbons (Fsp3) is 0.871. The molecular weight excluding hydrogens is 560 g/mol. The molecule has 4 aliphatic heterocycles. The fourth-order valence-corrected chi connectivity index (χ4v) is 7.32. The Bertz CT molecular complexity index is 1050. The van der Waals surface area contributed by atoms with Gasteiger partial charge in [0.25, 0.3) is 0 Å². The van der Waals surface area contributed by atoms with Crippen molar-refractivity contribution in [2.24, 2.45) is 35.5 Å². The van der Waals surface area contributed by atoms with E-state index < -0.39 is 59.8 Å². The number of carboxylic acid groups (broad SMARTS) is 1. The first-order chi connectivity index (χ1) is 20.2. The Balaban J connectivity index is 1.35. The summed E-state index contributed by atoms with van der Waals surface area (Å²) in [6.07, 6.45) is 2.31. The topological polar surface area (TPSA) is 159 Å². The van der Waals surface area contributed by atoms with Gasteiger partial charge in [0.1, 0.15) is 12.1 Å². The summed E-state index contributed by atoms with van der Waals surface area (Å²) < 4.78 is 18.4. The summed E-state index contributed by atoms with van der Waals surface area (Å²) in [6.45, 7) is 13.4. The molecule has 1 aliphatic carbocycles. The standard InChI is InChI=1S/C31H50N2O10/c1-8-17(4)25(27(37)38)33-26(36)22(15-16(2)3)32-23(34)11-12-24(35)39-28-19(6)21-10-9-18(5)20-13-14-30(7)41-29(40-28)31(20,21)43-42-30/h16-22,25,28-29H,8-15H2,1-7H3,(H,32,34)(H,33,36)(H,37,38)/t17-,18+,19+,20-,21-,22+,25-,28-,29-,30+,31-/m0/s1. The second-order valence-corrected chi connectivity index (χ2v) is 13.7. The Kier molecular flexibility index (Phi) is 10.5. The molecule has 4 saturated heterocycles. The molecule has 0 aromatic carbocycles. The van der Waals surface area contributed by atoms with Gasteiger partial charge in [0, 0.05) is 24.7 Å². The third-order valence-corrected chi connectivity index (χ3v) is 10.0. The summed E-state index contributed by atoms with van der Waals surface area (Å²) in [5.74, 6) is -3.55. The van der Waals surface area contributed by atoms with Crippen LogP contribution in [0, 0.1) is 35.5 Å². The molecule has 2 bridgehead atoms. The van der Waals surface area contributed by atoms with Gasteiger partial charge in [-0.05, 0) is 56.3 Å². The molecule has 0 radical (unpaired) electrons. The Labute approximate surface area is 254 Å². The molecule has 1 saturated carbocycles. The van der Waals surface area contributed by atoms with E-state index in [1.807, 2.05) is 34.6 Å². The Morgan fingerprint density at radius 2 is 1.72 bits per heavy atom. The largest absolute Gasteiger partial charge is 0.480 e. The van der Waals surface area contributed by atoms with Crippen molar-refractivity contribution in [2.45, 2.75) is 136 Å². The predicted octanol–water partition coefficient (Wildman–Crippen LogP) is 3.66. The average molecular weight is 611 g/mol. The summed E-state index contributed by atoms with van der Waals surface area (Å²) in [4.78, 5) is 62.4. The number of carbonyl (C=O) groups excluding carboxylic acids is 3. The Morgan fingerprint density at radius 1 is 1.00 bits per heavy atom. The van der Waals surface area contributed by atoms with Crippen LogP contribution in [0.25, 0.3) is 0 Å². The lowest BCUT2D eigenvalue weighted by Crippen LogP contribution is -2.70. The van der Waals surface area contributed by atoms with Gasteiger partial charge in [0.15, 0.2) is 11.9 Å². The monoisotopic (exact) mass is 610 g/mol. The van der Waals surface area contributed by atoms with Gasteiger partial charge in [-0.15, -0.1) is 0 Å². The molecule has 43 heavy (non-hydrogen) atoms. The summed E-state index contributed by atoms with van der Waals surface area (Å²) in [6, 6.07) is -1.99. The van der Waals surface area contributed by atoms with Crippen LogP contribution in [0.15, 0.2) is 0 Å². The van der Waals surface area contributed by atoms with E-state index >= 15 is 0 Å². The van der Waals surface area contributed by atoms with Crippen LogP contribution >= 0.6 is 0 Å². The number of fused-ring (bicyclic) bond motifs is 2. The smallest absolute Gasteiger partial charge is 0.326 e. The van der Waals surface area contributed by atoms with E-state index in [0.29, 0.717) is 25.2 Å². The van der Waals surface area contributed by atoms with Crippen LogP contribution in [-0.4, -0.2) is 64.9 Å². The van der Waals surface area contributed by atoms with Gasteiger partial charge < -0.3 is 30.0 Å². The number of rotatable bonds is 12. The maximum atomic E-state index is 13.0. The van der Waals surface area contributed by atoms with E-state index in [4.69, 9.17) is 24.0 Å². The van der Waals surface area contributed by atoms with Crippen LogP contribution in [0.5, 0.6) is 0 Å². The summed E-state index contributed by atoms with van der Waals surface area (Å²) in [5, 5.41) is 14.8. The van der Waals surface area contributed by atoms with Crippen molar-refractivity contribution >= 4 is 23.8 Å². The molecule has 244 valence electrons. The molecule has 0 aromatic heterocycles. The molecular formula is C31H50N2O10. The minimum absolute atomic E-state index is 0.00319. The van der Waals surface area contributed by atoms with Crippen molar-refractivity contribution in [2.75, 3.05) is 0 Å². The van der Waals surface area contributed by atoms with Crippen molar-refractivity contribution in [1.29, 1.82) is 0 Å². The van der Waals surface area contributed by atoms with Crippen LogP contribution in [0.3, 0.4) is 0 Å². The first kappa shape index (κ1) is 33.6. The van der Waals surface area contributed by atoms with E-state index in [2.05, 4.69) is 17.6 Å². The zero-order valence-electron chi connectivity index (χ0n) is 26.6. The van der Waals surface area contributed by atoms with Crippen molar-refractivity contribution in [3.8, 4) is 0 Å². The second-order valence-electron chi connectivity index (χ2n) is 13.7. The van der Waals surface area contributed by atoms with Gasteiger partial charge in [-0.2, -0.15) is 0 Å². The SMILES string of the molecule is CC[C@H](C)[C@H](NC(=O)[C@@H](CC(C)C)NC(=O)CCC(=O)O[C@H]1O[C@H]2O[C@@]3(C)CC[C@H]4[C@H](C)CC[C@@H]([C@H]1C)[C@]24OO3)C(=O)O. The van der Waals surface area contributed by atoms with Crippen molar-refractivity contribution < 1.29 is 48.3 Å². The van der Waals surface area contributed by atoms with Gasteiger partial charge in [0.2, 0.25) is 23.9 Å². The molecule has 4 heterocycles. The van der Waals surface area contributed by atoms with E-state index in [9.17, 15) is 24.3 Å². The van der Waals surface area contributed by atoms with Gasteiger partial charge in [-0.3, -0.25) is 14.4 Å². The number of hydrogen-bond donors (Lipinski definition) is 3. The summed E-state index contributed by atoms with van der Waals surface area (Å²) in [5.41, 5.74) is -0.767. The third-order valence-electron chi connectivity index (χ3n) is 10.0. The fourth-order valence-electron chi connectivity index (χ4n) is 7.32. The normalized spacial score (nSPS) is 36.9. The molecule has 5 rings (SSSR count). The van der Waals surface area contributed by atoms with Crippen molar-refractivity contribution in [1.82, 2.24) is 10.6 Å². The van der Waals surface area contributed by atoms with E-state index in [0.717, 1.165) is 19.3 Å². The lowest BCUT2D eigenvalue weighted by Gasteiger charge is -2.59. The highest BCUT2D eigenvalue weighted by Crippen LogP contribution is 2.60. The van der Waals surface area contributed by atoms with Crippen LogP contribution in [0.1, 0.15) is 99.8 Å². The maximum Gasteiger partial charge on any atom is 0.326 e. The van der Waals surface area contributed by atoms with E-state index in [-0.39, 0.29) is 42.4 Å². The second kappa shape index (κ2) is 13.4. The number of hydrogen-bond acceptors (Lipinski definition) is 9. The molecule has 1 spiro atoms. The first-order valence-corrected chi connectivity index (χ1v) is 15.9. The quantitative estimate of drug-likeness (QED) is 0.220. The Morgan fingerprint density at radius 3 is 2.37 bits per heavy atom.